The summed E-state index contributed by atoms with van der Waals surface area (Å²) < 4.78 is 3.10. The Bertz CT molecular complexity index is 705. The van der Waals surface area contributed by atoms with Crippen LogP contribution in [0.2, 0.25) is 0 Å². The molecule has 1 atom stereocenters. The standard InChI is InChI=1S/C15H15BrN4/c1-11(12-5-7-13(16)8-6-12)17-10-15-19-18-14-4-2-3-9-20(14)15/h2-9,11,17H,10H2,1H3. The maximum Gasteiger partial charge on any atom is 0.160 e. The summed E-state index contributed by atoms with van der Waals surface area (Å²) in [4.78, 5) is 0. The maximum absolute atomic E-state index is 4.22. The van der Waals surface area contributed by atoms with Gasteiger partial charge < -0.3 is 5.32 Å². The zero-order valence-electron chi connectivity index (χ0n) is 11.1. The second kappa shape index (κ2) is 5.73. The Hall–Kier alpha value is -1.72. The van der Waals surface area contributed by atoms with Crippen LogP contribution in [0, 0.1) is 0 Å². The lowest BCUT2D eigenvalue weighted by Gasteiger charge is -2.13. The third-order valence-electron chi connectivity index (χ3n) is 3.32. The Morgan fingerprint density at radius 2 is 1.95 bits per heavy atom. The highest BCUT2D eigenvalue weighted by molar-refractivity contribution is 9.10. The van der Waals surface area contributed by atoms with E-state index in [0.29, 0.717) is 6.54 Å². The molecule has 1 unspecified atom stereocenters. The fourth-order valence-corrected chi connectivity index (χ4v) is 2.39. The molecule has 0 bridgehead atoms. The van der Waals surface area contributed by atoms with Crippen LogP contribution in [-0.4, -0.2) is 14.6 Å². The van der Waals surface area contributed by atoms with E-state index in [1.165, 1.54) is 5.56 Å². The number of pyridine rings is 1. The normalized spacial score (nSPS) is 12.7. The predicted molar refractivity (Wildman–Crippen MR) is 82.4 cm³/mol. The largest absolute Gasteiger partial charge is 0.303 e. The molecule has 3 aromatic rings. The second-order valence-electron chi connectivity index (χ2n) is 4.70. The van der Waals surface area contributed by atoms with Crippen molar-refractivity contribution in [3.8, 4) is 0 Å². The highest BCUT2D eigenvalue weighted by atomic mass is 79.9. The van der Waals surface area contributed by atoms with Crippen LogP contribution in [0.3, 0.4) is 0 Å². The predicted octanol–water partition coefficient (Wildman–Crippen LogP) is 3.34. The van der Waals surface area contributed by atoms with Gasteiger partial charge in [-0.05, 0) is 36.8 Å². The first-order valence-electron chi connectivity index (χ1n) is 6.51. The molecule has 3 rings (SSSR count). The van der Waals surface area contributed by atoms with E-state index in [1.54, 1.807) is 0 Å². The van der Waals surface area contributed by atoms with Gasteiger partial charge in [0.05, 0.1) is 6.54 Å². The fourth-order valence-electron chi connectivity index (χ4n) is 2.13. The van der Waals surface area contributed by atoms with Crippen molar-refractivity contribution in [1.82, 2.24) is 19.9 Å². The van der Waals surface area contributed by atoms with Gasteiger partial charge in [-0.3, -0.25) is 4.40 Å². The van der Waals surface area contributed by atoms with Crippen molar-refractivity contribution < 1.29 is 0 Å². The Morgan fingerprint density at radius 3 is 2.75 bits per heavy atom. The molecule has 1 N–H and O–H groups in total. The second-order valence-corrected chi connectivity index (χ2v) is 5.61. The van der Waals surface area contributed by atoms with Gasteiger partial charge in [-0.15, -0.1) is 10.2 Å². The molecule has 0 spiro atoms. The SMILES string of the molecule is CC(NCc1nnc2ccccn12)c1ccc(Br)cc1. The first kappa shape index (κ1) is 13.3. The van der Waals surface area contributed by atoms with E-state index in [4.69, 9.17) is 0 Å². The Morgan fingerprint density at radius 1 is 1.15 bits per heavy atom. The van der Waals surface area contributed by atoms with Crippen LogP contribution in [-0.2, 0) is 6.54 Å². The monoisotopic (exact) mass is 330 g/mol. The first-order chi connectivity index (χ1) is 9.74. The number of hydrogen-bond donors (Lipinski definition) is 1. The van der Waals surface area contributed by atoms with Gasteiger partial charge in [0.1, 0.15) is 0 Å². The number of rotatable bonds is 4. The summed E-state index contributed by atoms with van der Waals surface area (Å²) in [5, 5.41) is 11.8. The summed E-state index contributed by atoms with van der Waals surface area (Å²) >= 11 is 3.45. The van der Waals surface area contributed by atoms with Crippen LogP contribution in [0.1, 0.15) is 24.4 Å². The molecule has 0 radical (unpaired) electrons. The van der Waals surface area contributed by atoms with E-state index in [-0.39, 0.29) is 6.04 Å². The van der Waals surface area contributed by atoms with Crippen molar-refractivity contribution in [2.24, 2.45) is 0 Å². The van der Waals surface area contributed by atoms with Crippen LogP contribution in [0.4, 0.5) is 0 Å². The Labute approximate surface area is 126 Å². The van der Waals surface area contributed by atoms with Crippen molar-refractivity contribution in [3.05, 3.63) is 64.5 Å². The average molecular weight is 331 g/mol. The molecule has 0 aliphatic carbocycles. The molecular weight excluding hydrogens is 316 g/mol. The van der Waals surface area contributed by atoms with Gasteiger partial charge in [-0.1, -0.05) is 34.1 Å². The van der Waals surface area contributed by atoms with Crippen molar-refractivity contribution in [2.45, 2.75) is 19.5 Å². The van der Waals surface area contributed by atoms with Gasteiger partial charge in [-0.2, -0.15) is 0 Å². The fraction of sp³-hybridized carbons (Fsp3) is 0.200. The van der Waals surface area contributed by atoms with Crippen LogP contribution in [0.15, 0.2) is 53.1 Å². The number of benzene rings is 1. The first-order valence-corrected chi connectivity index (χ1v) is 7.31. The molecule has 0 amide bonds. The maximum atomic E-state index is 4.22. The third-order valence-corrected chi connectivity index (χ3v) is 3.85. The Kier molecular flexibility index (Phi) is 3.80. The Balaban J connectivity index is 1.71. The zero-order valence-corrected chi connectivity index (χ0v) is 12.7. The molecule has 2 aromatic heterocycles. The number of nitrogens with one attached hydrogen (secondary N) is 1. The van der Waals surface area contributed by atoms with Crippen LogP contribution >= 0.6 is 15.9 Å². The summed E-state index contributed by atoms with van der Waals surface area (Å²) in [6.07, 6.45) is 1.98. The van der Waals surface area contributed by atoms with E-state index in [9.17, 15) is 0 Å². The third kappa shape index (κ3) is 2.73. The summed E-state index contributed by atoms with van der Waals surface area (Å²) in [7, 11) is 0. The molecule has 0 fully saturated rings. The smallest absolute Gasteiger partial charge is 0.160 e. The molecule has 5 heteroatoms. The van der Waals surface area contributed by atoms with Crippen molar-refractivity contribution in [1.29, 1.82) is 0 Å². The molecule has 20 heavy (non-hydrogen) atoms. The molecule has 4 nitrogen and oxygen atoms in total. The number of aromatic nitrogens is 3. The number of halogens is 1. The molecular formula is C15H15BrN4. The molecule has 0 saturated heterocycles. The summed E-state index contributed by atoms with van der Waals surface area (Å²) in [5.41, 5.74) is 2.13. The van der Waals surface area contributed by atoms with Crippen LogP contribution < -0.4 is 5.32 Å². The summed E-state index contributed by atoms with van der Waals surface area (Å²) in [5.74, 6) is 0.921. The minimum Gasteiger partial charge on any atom is -0.303 e. The highest BCUT2D eigenvalue weighted by Gasteiger charge is 2.08. The zero-order chi connectivity index (χ0) is 13.9. The van der Waals surface area contributed by atoms with Gasteiger partial charge in [0.15, 0.2) is 11.5 Å². The quantitative estimate of drug-likeness (QED) is 0.797. The lowest BCUT2D eigenvalue weighted by atomic mass is 10.1. The van der Waals surface area contributed by atoms with Gasteiger partial charge in [0.2, 0.25) is 0 Å². The van der Waals surface area contributed by atoms with Gasteiger partial charge in [-0.25, -0.2) is 0 Å². The van der Waals surface area contributed by atoms with Crippen molar-refractivity contribution >= 4 is 21.6 Å². The molecule has 0 saturated carbocycles. The van der Waals surface area contributed by atoms with Crippen LogP contribution in [0.5, 0.6) is 0 Å². The van der Waals surface area contributed by atoms with E-state index < -0.39 is 0 Å². The minimum atomic E-state index is 0.263. The van der Waals surface area contributed by atoms with E-state index in [2.05, 4.69) is 62.6 Å². The van der Waals surface area contributed by atoms with Crippen molar-refractivity contribution in [3.63, 3.8) is 0 Å². The topological polar surface area (TPSA) is 42.2 Å². The summed E-state index contributed by atoms with van der Waals surface area (Å²) in [6.45, 7) is 2.83. The molecule has 0 aliphatic heterocycles. The van der Waals surface area contributed by atoms with Gasteiger partial charge >= 0.3 is 0 Å². The summed E-state index contributed by atoms with van der Waals surface area (Å²) in [6, 6.07) is 14.5. The minimum absolute atomic E-state index is 0.263. The van der Waals surface area contributed by atoms with E-state index >= 15 is 0 Å². The number of nitrogens with zero attached hydrogens (tertiary/aromatic N) is 3. The number of fused-ring (bicyclic) bond motifs is 1. The highest BCUT2D eigenvalue weighted by Crippen LogP contribution is 2.16. The van der Waals surface area contributed by atoms with Crippen molar-refractivity contribution in [2.75, 3.05) is 0 Å². The molecule has 102 valence electrons. The van der Waals surface area contributed by atoms with Gasteiger partial charge in [0.25, 0.3) is 0 Å². The van der Waals surface area contributed by atoms with Gasteiger partial charge in [0, 0.05) is 16.7 Å². The lowest BCUT2D eigenvalue weighted by molar-refractivity contribution is 0.556. The lowest BCUT2D eigenvalue weighted by Crippen LogP contribution is -2.19. The molecule has 1 aromatic carbocycles. The number of hydrogen-bond acceptors (Lipinski definition) is 3. The van der Waals surface area contributed by atoms with E-state index in [0.717, 1.165) is 15.9 Å². The molecule has 0 aliphatic rings. The average Bonchev–Trinajstić information content (AvgIpc) is 2.89. The van der Waals surface area contributed by atoms with E-state index in [1.807, 2.05) is 28.8 Å². The van der Waals surface area contributed by atoms with Crippen LogP contribution in [0.25, 0.3) is 5.65 Å². The molecule has 2 heterocycles.